The molecule has 1 rings (SSSR count). The van der Waals surface area contributed by atoms with Crippen molar-refractivity contribution < 1.29 is 28.2 Å². The van der Waals surface area contributed by atoms with E-state index < -0.39 is 35.5 Å². The second-order valence-electron chi connectivity index (χ2n) is 4.72. The third-order valence-electron chi connectivity index (χ3n) is 2.07. The fourth-order valence-corrected chi connectivity index (χ4v) is 1.19. The van der Waals surface area contributed by atoms with Crippen LogP contribution in [-0.2, 0) is 9.53 Å². The molecule has 0 unspecified atom stereocenters. The monoisotopic (exact) mass is 237 g/mol. The average Bonchev–Trinajstić information content (AvgIpc) is 2.49. The van der Waals surface area contributed by atoms with Gasteiger partial charge >= 0.3 is 12.1 Å². The number of ether oxygens (including phenoxy) is 1. The summed E-state index contributed by atoms with van der Waals surface area (Å²) in [5, 5.41) is 10.3. The molecule has 0 aliphatic heterocycles. The van der Waals surface area contributed by atoms with Gasteiger partial charge < -0.3 is 9.84 Å². The highest BCUT2D eigenvalue weighted by atomic mass is 19.3. The van der Waals surface area contributed by atoms with Crippen molar-refractivity contribution in [2.75, 3.05) is 0 Å². The lowest BCUT2D eigenvalue weighted by atomic mass is 10.2. The Morgan fingerprint density at radius 3 is 2.06 bits per heavy atom. The lowest BCUT2D eigenvalue weighted by Gasteiger charge is -2.21. The van der Waals surface area contributed by atoms with Crippen LogP contribution >= 0.6 is 0 Å². The van der Waals surface area contributed by atoms with Crippen LogP contribution in [0.1, 0.15) is 27.2 Å². The van der Waals surface area contributed by atoms with Crippen LogP contribution in [-0.4, -0.2) is 34.2 Å². The number of hydrogen-bond acceptors (Lipinski definition) is 3. The molecule has 7 heteroatoms. The Balaban J connectivity index is 2.67. The van der Waals surface area contributed by atoms with E-state index in [-0.39, 0.29) is 0 Å². The molecule has 1 saturated carbocycles. The lowest BCUT2D eigenvalue weighted by molar-refractivity contribution is -0.143. The Morgan fingerprint density at radius 1 is 1.38 bits per heavy atom. The molecule has 0 aromatic heterocycles. The van der Waals surface area contributed by atoms with Crippen LogP contribution in [0.25, 0.3) is 0 Å². The first-order valence-corrected chi connectivity index (χ1v) is 4.63. The minimum absolute atomic E-state index is 0.867. The maximum absolute atomic E-state index is 12.8. The smallest absolute Gasteiger partial charge is 0.408 e. The summed E-state index contributed by atoms with van der Waals surface area (Å²) in [6.07, 6.45) is -2.07. The molecule has 0 spiro atoms. The zero-order valence-electron chi connectivity index (χ0n) is 9.13. The molecule has 5 nitrogen and oxygen atoms in total. The van der Waals surface area contributed by atoms with E-state index in [0.29, 0.717) is 0 Å². The summed E-state index contributed by atoms with van der Waals surface area (Å²) in [6.45, 7) is 4.64. The highest BCUT2D eigenvalue weighted by Gasteiger charge is 2.78. The second-order valence-corrected chi connectivity index (χ2v) is 4.72. The van der Waals surface area contributed by atoms with Crippen molar-refractivity contribution in [1.82, 2.24) is 5.32 Å². The van der Waals surface area contributed by atoms with Crippen molar-refractivity contribution >= 4 is 12.1 Å². The first kappa shape index (κ1) is 12.7. The van der Waals surface area contributed by atoms with Gasteiger partial charge in [0.05, 0.1) is 6.42 Å². The van der Waals surface area contributed by atoms with Crippen LogP contribution < -0.4 is 5.32 Å². The van der Waals surface area contributed by atoms with Crippen molar-refractivity contribution in [2.45, 2.75) is 44.3 Å². The molecule has 16 heavy (non-hydrogen) atoms. The lowest BCUT2D eigenvalue weighted by Crippen LogP contribution is -2.49. The molecule has 0 aromatic rings. The van der Waals surface area contributed by atoms with E-state index in [9.17, 15) is 18.4 Å². The SMILES string of the molecule is CC(C)(C)OC(=O)N[C@]1(C(=O)O)CC1(F)F. The minimum Gasteiger partial charge on any atom is -0.479 e. The number of amides is 1. The Kier molecular flexibility index (Phi) is 2.61. The highest BCUT2D eigenvalue weighted by molar-refractivity contribution is 5.89. The quantitative estimate of drug-likeness (QED) is 0.760. The first-order valence-electron chi connectivity index (χ1n) is 4.63. The molecular weight excluding hydrogens is 224 g/mol. The summed E-state index contributed by atoms with van der Waals surface area (Å²) in [5.74, 6) is -5.18. The summed E-state index contributed by atoms with van der Waals surface area (Å²) >= 11 is 0. The van der Waals surface area contributed by atoms with Crippen LogP contribution in [0.4, 0.5) is 13.6 Å². The predicted octanol–water partition coefficient (Wildman–Crippen LogP) is 1.37. The maximum atomic E-state index is 12.8. The molecule has 0 radical (unpaired) electrons. The molecule has 2 N–H and O–H groups in total. The van der Waals surface area contributed by atoms with Crippen molar-refractivity contribution in [1.29, 1.82) is 0 Å². The van der Waals surface area contributed by atoms with E-state index in [0.717, 1.165) is 0 Å². The largest absolute Gasteiger partial charge is 0.479 e. The maximum Gasteiger partial charge on any atom is 0.408 e. The van der Waals surface area contributed by atoms with Gasteiger partial charge in [-0.15, -0.1) is 0 Å². The molecule has 0 bridgehead atoms. The zero-order chi connectivity index (χ0) is 12.8. The summed E-state index contributed by atoms with van der Waals surface area (Å²) in [5.41, 5.74) is -3.37. The molecule has 1 aliphatic carbocycles. The molecule has 1 atom stereocenters. The van der Waals surface area contributed by atoms with Gasteiger partial charge in [0, 0.05) is 0 Å². The summed E-state index contributed by atoms with van der Waals surface area (Å²) in [4.78, 5) is 21.8. The van der Waals surface area contributed by atoms with Gasteiger partial charge in [-0.3, -0.25) is 5.32 Å². The van der Waals surface area contributed by atoms with Crippen molar-refractivity contribution in [3.63, 3.8) is 0 Å². The first-order chi connectivity index (χ1) is 7.00. The van der Waals surface area contributed by atoms with E-state index in [1.807, 2.05) is 0 Å². The number of aliphatic carboxylic acids is 1. The van der Waals surface area contributed by atoms with Gasteiger partial charge in [0.2, 0.25) is 5.54 Å². The van der Waals surface area contributed by atoms with Crippen LogP contribution in [0.15, 0.2) is 0 Å². The van der Waals surface area contributed by atoms with E-state index >= 15 is 0 Å². The van der Waals surface area contributed by atoms with Crippen LogP contribution in [0, 0.1) is 0 Å². The normalized spacial score (nSPS) is 27.1. The summed E-state index contributed by atoms with van der Waals surface area (Å²) < 4.78 is 30.4. The standard InChI is InChI=1S/C9H13F2NO4/c1-7(2,3)16-6(15)12-8(5(13)14)4-9(8,10)11/h4H2,1-3H3,(H,12,15)(H,13,14)/t8-/m0/s1. The van der Waals surface area contributed by atoms with Gasteiger partial charge in [-0.05, 0) is 20.8 Å². The number of alkyl carbamates (subject to hydrolysis) is 1. The molecule has 1 aliphatic rings. The number of alkyl halides is 2. The van der Waals surface area contributed by atoms with Crippen LogP contribution in [0.3, 0.4) is 0 Å². The van der Waals surface area contributed by atoms with E-state index in [1.54, 1.807) is 26.1 Å². The number of carboxylic acids is 1. The van der Waals surface area contributed by atoms with Gasteiger partial charge in [0.1, 0.15) is 5.60 Å². The van der Waals surface area contributed by atoms with Gasteiger partial charge in [0.25, 0.3) is 5.92 Å². The molecule has 1 fully saturated rings. The fraction of sp³-hybridized carbons (Fsp3) is 0.778. The minimum atomic E-state index is -3.42. The predicted molar refractivity (Wildman–Crippen MR) is 49.3 cm³/mol. The topological polar surface area (TPSA) is 75.6 Å². The zero-order valence-corrected chi connectivity index (χ0v) is 9.13. The average molecular weight is 237 g/mol. The highest BCUT2D eigenvalue weighted by Crippen LogP contribution is 2.52. The van der Waals surface area contributed by atoms with E-state index in [4.69, 9.17) is 9.84 Å². The van der Waals surface area contributed by atoms with Gasteiger partial charge in [-0.25, -0.2) is 18.4 Å². The molecule has 92 valence electrons. The Morgan fingerprint density at radius 2 is 1.81 bits per heavy atom. The number of hydrogen-bond donors (Lipinski definition) is 2. The van der Waals surface area contributed by atoms with E-state index in [2.05, 4.69) is 0 Å². The molecule has 0 saturated heterocycles. The fourth-order valence-electron chi connectivity index (χ4n) is 1.19. The van der Waals surface area contributed by atoms with Crippen molar-refractivity contribution in [3.05, 3.63) is 0 Å². The van der Waals surface area contributed by atoms with Crippen molar-refractivity contribution in [2.24, 2.45) is 0 Å². The summed E-state index contributed by atoms with van der Waals surface area (Å²) in [6, 6.07) is 0. The molecule has 1 amide bonds. The third kappa shape index (κ3) is 2.23. The number of halogens is 2. The van der Waals surface area contributed by atoms with E-state index in [1.165, 1.54) is 0 Å². The van der Waals surface area contributed by atoms with Gasteiger partial charge in [-0.2, -0.15) is 0 Å². The number of nitrogens with one attached hydrogen (secondary N) is 1. The number of carboxylic acid groups (broad SMARTS) is 1. The van der Waals surface area contributed by atoms with Gasteiger partial charge in [-0.1, -0.05) is 0 Å². The Hall–Kier alpha value is -1.40. The van der Waals surface area contributed by atoms with Crippen LogP contribution in [0.5, 0.6) is 0 Å². The molecule has 0 aromatic carbocycles. The van der Waals surface area contributed by atoms with Crippen LogP contribution in [0.2, 0.25) is 0 Å². The molecular formula is C9H13F2NO4. The van der Waals surface area contributed by atoms with Crippen molar-refractivity contribution in [3.8, 4) is 0 Å². The number of carbonyl (C=O) groups is 2. The third-order valence-corrected chi connectivity index (χ3v) is 2.07. The second kappa shape index (κ2) is 3.29. The molecule has 0 heterocycles. The van der Waals surface area contributed by atoms with Gasteiger partial charge in [0.15, 0.2) is 0 Å². The number of carbonyl (C=O) groups excluding carboxylic acids is 1. The number of rotatable bonds is 2. The Labute approximate surface area is 90.8 Å². The summed E-state index contributed by atoms with van der Waals surface area (Å²) in [7, 11) is 0. The Bertz CT molecular complexity index is 337.